The highest BCUT2D eigenvalue weighted by atomic mass is 32.2. The van der Waals surface area contributed by atoms with Crippen molar-refractivity contribution in [2.75, 3.05) is 0 Å². The molecule has 29 heavy (non-hydrogen) atoms. The van der Waals surface area contributed by atoms with Gasteiger partial charge in [0.25, 0.3) is 0 Å². The number of rotatable bonds is 6. The molecule has 0 aliphatic rings. The van der Waals surface area contributed by atoms with Crippen LogP contribution in [0.2, 0.25) is 0 Å². The molecule has 0 unspecified atom stereocenters. The molecule has 0 fully saturated rings. The number of benzene rings is 2. The fourth-order valence-corrected chi connectivity index (χ4v) is 3.70. The average Bonchev–Trinajstić information content (AvgIpc) is 3.37. The fraction of sp³-hybridized carbons (Fsp3) is 0.238. The second-order valence-electron chi connectivity index (χ2n) is 6.89. The van der Waals surface area contributed by atoms with Crippen molar-refractivity contribution in [2.24, 2.45) is 0 Å². The zero-order valence-electron chi connectivity index (χ0n) is 16.3. The first-order chi connectivity index (χ1) is 14.0. The first kappa shape index (κ1) is 19.3. The summed E-state index contributed by atoms with van der Waals surface area (Å²) in [6.45, 7) is 6.02. The molecule has 0 aliphatic carbocycles. The van der Waals surface area contributed by atoms with Gasteiger partial charge in [-0.15, -0.1) is 10.2 Å². The van der Waals surface area contributed by atoms with Gasteiger partial charge in [0.2, 0.25) is 5.89 Å². The van der Waals surface area contributed by atoms with Crippen LogP contribution in [0.1, 0.15) is 43.7 Å². The highest BCUT2D eigenvalue weighted by Crippen LogP contribution is 2.36. The van der Waals surface area contributed by atoms with Gasteiger partial charge in [0, 0.05) is 17.2 Å². The molecule has 0 aliphatic heterocycles. The monoisotopic (exact) mass is 409 g/mol. The van der Waals surface area contributed by atoms with Crippen LogP contribution >= 0.6 is 11.8 Å². The lowest BCUT2D eigenvalue weighted by Gasteiger charge is -2.12. The van der Waals surface area contributed by atoms with Crippen molar-refractivity contribution < 1.29 is 8.91 Å². The maximum Gasteiger partial charge on any atom is 0.239 e. The van der Waals surface area contributed by atoms with E-state index < -0.39 is 0 Å². The standard InChI is InChI=1S/C21H20FN5OS/c1-13(2)18-23-20(28-26-18)14(3)29-21-25-24-19(15-7-5-4-6-8-15)27(21)17-11-9-16(22)10-12-17/h4-14H,1-3H3/t14-/m0/s1. The van der Waals surface area contributed by atoms with Crippen molar-refractivity contribution in [1.82, 2.24) is 24.9 Å². The predicted molar refractivity (Wildman–Crippen MR) is 109 cm³/mol. The third kappa shape index (κ3) is 4.07. The van der Waals surface area contributed by atoms with Gasteiger partial charge < -0.3 is 4.52 Å². The fourth-order valence-electron chi connectivity index (χ4n) is 2.80. The molecular weight excluding hydrogens is 389 g/mol. The first-order valence-electron chi connectivity index (χ1n) is 9.30. The third-order valence-corrected chi connectivity index (χ3v) is 5.38. The topological polar surface area (TPSA) is 69.6 Å². The van der Waals surface area contributed by atoms with Crippen LogP contribution in [0.25, 0.3) is 17.1 Å². The molecule has 0 saturated carbocycles. The molecular formula is C21H20FN5OS. The van der Waals surface area contributed by atoms with Gasteiger partial charge in [0.05, 0.1) is 5.25 Å². The van der Waals surface area contributed by atoms with E-state index in [1.54, 1.807) is 12.1 Å². The largest absolute Gasteiger partial charge is 0.338 e. The summed E-state index contributed by atoms with van der Waals surface area (Å²) in [7, 11) is 0. The minimum atomic E-state index is -0.294. The van der Waals surface area contributed by atoms with E-state index in [0.717, 1.165) is 11.3 Å². The Morgan fingerprint density at radius 1 is 0.966 bits per heavy atom. The molecule has 148 valence electrons. The third-order valence-electron chi connectivity index (χ3n) is 4.35. The lowest BCUT2D eigenvalue weighted by Crippen LogP contribution is -2.01. The molecule has 6 nitrogen and oxygen atoms in total. The Hall–Kier alpha value is -3.00. The summed E-state index contributed by atoms with van der Waals surface area (Å²) in [6, 6.07) is 16.0. The van der Waals surface area contributed by atoms with Crippen LogP contribution in [0.3, 0.4) is 0 Å². The molecule has 1 atom stereocenters. The van der Waals surface area contributed by atoms with Crippen molar-refractivity contribution in [2.45, 2.75) is 37.1 Å². The zero-order valence-corrected chi connectivity index (χ0v) is 17.1. The maximum absolute atomic E-state index is 13.5. The second-order valence-corrected chi connectivity index (χ2v) is 8.20. The van der Waals surface area contributed by atoms with Crippen LogP contribution < -0.4 is 0 Å². The molecule has 0 N–H and O–H groups in total. The van der Waals surface area contributed by atoms with E-state index >= 15 is 0 Å². The number of nitrogens with zero attached hydrogens (tertiary/aromatic N) is 5. The summed E-state index contributed by atoms with van der Waals surface area (Å²) in [5.74, 6) is 1.79. The second kappa shape index (κ2) is 8.16. The molecule has 0 amide bonds. The van der Waals surface area contributed by atoms with Crippen molar-refractivity contribution in [1.29, 1.82) is 0 Å². The summed E-state index contributed by atoms with van der Waals surface area (Å²) >= 11 is 1.46. The van der Waals surface area contributed by atoms with Gasteiger partial charge in [-0.1, -0.05) is 61.1 Å². The van der Waals surface area contributed by atoms with E-state index in [4.69, 9.17) is 4.52 Å². The van der Waals surface area contributed by atoms with E-state index in [0.29, 0.717) is 22.7 Å². The number of hydrogen-bond acceptors (Lipinski definition) is 6. The number of aromatic nitrogens is 5. The van der Waals surface area contributed by atoms with E-state index in [9.17, 15) is 4.39 Å². The van der Waals surface area contributed by atoms with Crippen molar-refractivity contribution in [3.05, 3.63) is 72.1 Å². The van der Waals surface area contributed by atoms with Crippen LogP contribution in [-0.2, 0) is 0 Å². The molecule has 2 aromatic heterocycles. The van der Waals surface area contributed by atoms with Crippen LogP contribution in [0.15, 0.2) is 64.3 Å². The number of hydrogen-bond donors (Lipinski definition) is 0. The minimum Gasteiger partial charge on any atom is -0.338 e. The Kier molecular flexibility index (Phi) is 5.44. The molecule has 8 heteroatoms. The van der Waals surface area contributed by atoms with Gasteiger partial charge in [-0.3, -0.25) is 4.57 Å². The summed E-state index contributed by atoms with van der Waals surface area (Å²) in [4.78, 5) is 4.48. The highest BCUT2D eigenvalue weighted by molar-refractivity contribution is 7.99. The molecule has 4 rings (SSSR count). The first-order valence-corrected chi connectivity index (χ1v) is 10.2. The minimum absolute atomic E-state index is 0.123. The lowest BCUT2D eigenvalue weighted by molar-refractivity contribution is 0.373. The molecule has 2 heterocycles. The summed E-state index contributed by atoms with van der Waals surface area (Å²) < 4.78 is 20.8. The Labute approximate surface area is 172 Å². The molecule has 0 spiro atoms. The number of thioether (sulfide) groups is 1. The smallest absolute Gasteiger partial charge is 0.239 e. The van der Waals surface area contributed by atoms with Gasteiger partial charge in [-0.05, 0) is 31.2 Å². The zero-order chi connectivity index (χ0) is 20.4. The Morgan fingerprint density at radius 3 is 2.34 bits per heavy atom. The normalized spacial score (nSPS) is 12.4. The predicted octanol–water partition coefficient (Wildman–Crippen LogP) is 5.43. The lowest BCUT2D eigenvalue weighted by atomic mass is 10.2. The van der Waals surface area contributed by atoms with Crippen LogP contribution in [0.5, 0.6) is 0 Å². The van der Waals surface area contributed by atoms with Crippen LogP contribution in [0, 0.1) is 5.82 Å². The average molecular weight is 409 g/mol. The van der Waals surface area contributed by atoms with Gasteiger partial charge >= 0.3 is 0 Å². The molecule has 2 aromatic carbocycles. The summed E-state index contributed by atoms with van der Waals surface area (Å²) in [5, 5.41) is 13.4. The van der Waals surface area contributed by atoms with Gasteiger partial charge in [0.1, 0.15) is 5.82 Å². The molecule has 4 aromatic rings. The Balaban J connectivity index is 1.73. The van der Waals surface area contributed by atoms with Gasteiger partial charge in [-0.2, -0.15) is 4.98 Å². The molecule has 0 saturated heterocycles. The summed E-state index contributed by atoms with van der Waals surface area (Å²) in [5.41, 5.74) is 1.70. The summed E-state index contributed by atoms with van der Waals surface area (Å²) in [6.07, 6.45) is 0. The van der Waals surface area contributed by atoms with E-state index in [2.05, 4.69) is 20.3 Å². The van der Waals surface area contributed by atoms with Crippen molar-refractivity contribution in [3.8, 4) is 17.1 Å². The molecule has 0 bridgehead atoms. The van der Waals surface area contributed by atoms with E-state index in [-0.39, 0.29) is 17.0 Å². The van der Waals surface area contributed by atoms with E-state index in [1.807, 2.05) is 55.7 Å². The van der Waals surface area contributed by atoms with Gasteiger partial charge in [-0.25, -0.2) is 4.39 Å². The molecule has 0 radical (unpaired) electrons. The van der Waals surface area contributed by atoms with E-state index in [1.165, 1.54) is 23.9 Å². The Bertz CT molecular complexity index is 1090. The van der Waals surface area contributed by atoms with Gasteiger partial charge in [0.15, 0.2) is 16.8 Å². The van der Waals surface area contributed by atoms with Crippen LogP contribution in [0.4, 0.5) is 4.39 Å². The van der Waals surface area contributed by atoms with Crippen LogP contribution in [-0.4, -0.2) is 24.9 Å². The van der Waals surface area contributed by atoms with Crippen molar-refractivity contribution >= 4 is 11.8 Å². The van der Waals surface area contributed by atoms with Crippen molar-refractivity contribution in [3.63, 3.8) is 0 Å². The highest BCUT2D eigenvalue weighted by Gasteiger charge is 2.22. The Morgan fingerprint density at radius 2 is 1.69 bits per heavy atom. The number of halogens is 1. The maximum atomic E-state index is 13.5. The SMILES string of the molecule is CC(C)c1noc([C@H](C)Sc2nnc(-c3ccccc3)n2-c2ccc(F)cc2)n1. The quantitative estimate of drug-likeness (QED) is 0.395.